The van der Waals surface area contributed by atoms with Gasteiger partial charge in [0.05, 0.1) is 6.10 Å². The van der Waals surface area contributed by atoms with Crippen LogP contribution in [0.2, 0.25) is 0 Å². The van der Waals surface area contributed by atoms with Gasteiger partial charge in [-0.1, -0.05) is 13.8 Å². The highest BCUT2D eigenvalue weighted by Gasteiger charge is 2.59. The number of carbonyl (C=O) groups excluding carboxylic acids is 1. The molecule has 1 amide bonds. The van der Waals surface area contributed by atoms with E-state index in [0.717, 1.165) is 68.4 Å². The lowest BCUT2D eigenvalue weighted by atomic mass is 9.44. The van der Waals surface area contributed by atoms with Crippen LogP contribution in [0.25, 0.3) is 0 Å². The lowest BCUT2D eigenvalue weighted by Gasteiger charge is -2.61. The molecule has 32 heavy (non-hydrogen) atoms. The van der Waals surface area contributed by atoms with Crippen LogP contribution in [0.15, 0.2) is 0 Å². The third-order valence-corrected chi connectivity index (χ3v) is 10.9. The normalized spacial score (nSPS) is 43.4. The Hall–Kier alpha value is -0.610. The van der Waals surface area contributed by atoms with Crippen LogP contribution in [0, 0.1) is 40.4 Å². The molecule has 8 atom stereocenters. The Morgan fingerprint density at radius 1 is 0.969 bits per heavy atom. The van der Waals surface area contributed by atoms with Gasteiger partial charge in [0.2, 0.25) is 5.91 Å². The van der Waals surface area contributed by atoms with E-state index in [1.54, 1.807) is 0 Å². The van der Waals surface area contributed by atoms with Gasteiger partial charge in [-0.25, -0.2) is 0 Å². The molecule has 4 saturated carbocycles. The number of amides is 1. The molecule has 0 aliphatic heterocycles. The molecule has 0 radical (unpaired) electrons. The summed E-state index contributed by atoms with van der Waals surface area (Å²) >= 11 is 0. The van der Waals surface area contributed by atoms with Gasteiger partial charge in [-0.3, -0.25) is 4.79 Å². The zero-order valence-electron chi connectivity index (χ0n) is 21.4. The summed E-state index contributed by atoms with van der Waals surface area (Å²) in [6, 6.07) is 0. The molecule has 4 nitrogen and oxygen atoms in total. The smallest absolute Gasteiger partial charge is 0.219 e. The Kier molecular flexibility index (Phi) is 7.61. The van der Waals surface area contributed by atoms with E-state index >= 15 is 0 Å². The fraction of sp³-hybridized carbons (Fsp3) is 0.964. The van der Waals surface area contributed by atoms with Gasteiger partial charge in [0.25, 0.3) is 0 Å². The molecule has 4 unspecified atom stereocenters. The van der Waals surface area contributed by atoms with Crippen LogP contribution in [0.1, 0.15) is 97.3 Å². The molecular weight excluding hydrogens is 396 g/mol. The van der Waals surface area contributed by atoms with Crippen molar-refractivity contribution in [3.05, 3.63) is 0 Å². The van der Waals surface area contributed by atoms with Gasteiger partial charge in [-0.2, -0.15) is 0 Å². The molecule has 0 spiro atoms. The summed E-state index contributed by atoms with van der Waals surface area (Å²) < 4.78 is 0. The summed E-state index contributed by atoms with van der Waals surface area (Å²) in [4.78, 5) is 14.4. The molecule has 4 aliphatic rings. The summed E-state index contributed by atoms with van der Waals surface area (Å²) in [6.07, 6.45) is 15.7. The van der Waals surface area contributed by atoms with Crippen molar-refractivity contribution in [2.75, 3.05) is 27.2 Å². The van der Waals surface area contributed by atoms with E-state index in [1.165, 1.54) is 51.4 Å². The number of hydrogen-bond acceptors (Lipinski definition) is 3. The topological polar surface area (TPSA) is 52.6 Å². The van der Waals surface area contributed by atoms with Crippen molar-refractivity contribution in [3.63, 3.8) is 0 Å². The molecule has 4 aliphatic carbocycles. The molecular formula is C28H50N2O2. The lowest BCUT2D eigenvalue weighted by Crippen LogP contribution is -2.53. The number of aliphatic hydroxyl groups excluding tert-OH is 1. The van der Waals surface area contributed by atoms with Crippen molar-refractivity contribution in [1.29, 1.82) is 0 Å². The fourth-order valence-corrected chi connectivity index (χ4v) is 9.04. The van der Waals surface area contributed by atoms with E-state index in [4.69, 9.17) is 0 Å². The summed E-state index contributed by atoms with van der Waals surface area (Å²) in [5.41, 5.74) is 0.979. The van der Waals surface area contributed by atoms with Crippen molar-refractivity contribution in [1.82, 2.24) is 10.2 Å². The summed E-state index contributed by atoms with van der Waals surface area (Å²) in [5, 5.41) is 13.4. The van der Waals surface area contributed by atoms with Crippen molar-refractivity contribution >= 4 is 5.91 Å². The van der Waals surface area contributed by atoms with Gasteiger partial charge < -0.3 is 15.3 Å². The Labute approximate surface area is 197 Å². The first-order valence-electron chi connectivity index (χ1n) is 13.8. The van der Waals surface area contributed by atoms with Gasteiger partial charge in [0.1, 0.15) is 0 Å². The van der Waals surface area contributed by atoms with E-state index in [9.17, 15) is 9.90 Å². The average molecular weight is 447 g/mol. The number of carbonyl (C=O) groups is 1. The standard InChI is InChI=1S/C28H50N2O2/c1-27-16-14-25-23(11-9-21-19-22(31)13-15-28(21,25)2)24(27)12-10-20(27)7-5-8-26(32)29-17-6-18-30(3)4/h20-25,31H,5-19H2,1-4H3,(H,29,32)/t20-,21?,22+,23?,24?,25?,27+,28-/m0/s1. The highest BCUT2D eigenvalue weighted by Crippen LogP contribution is 2.67. The minimum Gasteiger partial charge on any atom is -0.393 e. The Bertz CT molecular complexity index is 651. The van der Waals surface area contributed by atoms with Crippen LogP contribution in [0.5, 0.6) is 0 Å². The van der Waals surface area contributed by atoms with Crippen LogP contribution in [-0.4, -0.2) is 49.2 Å². The molecule has 2 N–H and O–H groups in total. The van der Waals surface area contributed by atoms with E-state index < -0.39 is 0 Å². The van der Waals surface area contributed by atoms with E-state index in [-0.39, 0.29) is 12.0 Å². The third-order valence-electron chi connectivity index (χ3n) is 10.9. The molecule has 0 heterocycles. The number of nitrogens with one attached hydrogen (secondary N) is 1. The number of aliphatic hydroxyl groups is 1. The zero-order valence-corrected chi connectivity index (χ0v) is 21.4. The second-order valence-corrected chi connectivity index (χ2v) is 12.8. The average Bonchev–Trinajstić information content (AvgIpc) is 3.08. The van der Waals surface area contributed by atoms with Crippen molar-refractivity contribution in [2.45, 2.75) is 103 Å². The monoisotopic (exact) mass is 446 g/mol. The van der Waals surface area contributed by atoms with Crippen LogP contribution in [0.4, 0.5) is 0 Å². The van der Waals surface area contributed by atoms with Crippen LogP contribution in [-0.2, 0) is 4.79 Å². The predicted molar refractivity (Wildman–Crippen MR) is 131 cm³/mol. The Balaban J connectivity index is 1.28. The first-order chi connectivity index (χ1) is 15.2. The Morgan fingerprint density at radius 3 is 2.50 bits per heavy atom. The number of hydrogen-bond donors (Lipinski definition) is 2. The van der Waals surface area contributed by atoms with Gasteiger partial charge >= 0.3 is 0 Å². The quantitative estimate of drug-likeness (QED) is 0.501. The minimum atomic E-state index is -0.0421. The fourth-order valence-electron chi connectivity index (χ4n) is 9.04. The molecule has 0 aromatic rings. The molecule has 0 bridgehead atoms. The predicted octanol–water partition coefficient (Wildman–Crippen LogP) is 5.24. The molecule has 0 saturated heterocycles. The minimum absolute atomic E-state index is 0.0421. The second-order valence-electron chi connectivity index (χ2n) is 12.8. The van der Waals surface area contributed by atoms with Crippen molar-refractivity contribution in [2.24, 2.45) is 40.4 Å². The highest BCUT2D eigenvalue weighted by atomic mass is 16.3. The van der Waals surface area contributed by atoms with Crippen molar-refractivity contribution < 1.29 is 9.90 Å². The highest BCUT2D eigenvalue weighted by molar-refractivity contribution is 5.75. The van der Waals surface area contributed by atoms with Gasteiger partial charge in [0, 0.05) is 13.0 Å². The van der Waals surface area contributed by atoms with Crippen molar-refractivity contribution in [3.8, 4) is 0 Å². The SMILES string of the molecule is CN(C)CCCNC(=O)CCC[C@H]1CCC2C3CCC4C[C@H](O)CC[C@]4(C)C3CC[C@@]21C. The summed E-state index contributed by atoms with van der Waals surface area (Å²) in [7, 11) is 4.16. The number of rotatable bonds is 8. The molecule has 4 fully saturated rings. The summed E-state index contributed by atoms with van der Waals surface area (Å²) in [5.74, 6) is 4.52. The number of nitrogens with zero attached hydrogens (tertiary/aromatic N) is 1. The molecule has 4 rings (SSSR count). The van der Waals surface area contributed by atoms with E-state index in [0.29, 0.717) is 17.3 Å². The second kappa shape index (κ2) is 9.94. The molecule has 0 aromatic heterocycles. The van der Waals surface area contributed by atoms with E-state index in [2.05, 4.69) is 38.2 Å². The van der Waals surface area contributed by atoms with Crippen LogP contribution < -0.4 is 5.32 Å². The number of fused-ring (bicyclic) bond motifs is 5. The summed E-state index contributed by atoms with van der Waals surface area (Å²) in [6.45, 7) is 7.04. The van der Waals surface area contributed by atoms with Gasteiger partial charge in [0.15, 0.2) is 0 Å². The van der Waals surface area contributed by atoms with E-state index in [1.807, 2.05) is 0 Å². The maximum atomic E-state index is 12.3. The first kappa shape index (κ1) is 24.5. The molecule has 0 aromatic carbocycles. The lowest BCUT2D eigenvalue weighted by molar-refractivity contribution is -0.127. The maximum Gasteiger partial charge on any atom is 0.219 e. The first-order valence-corrected chi connectivity index (χ1v) is 13.8. The van der Waals surface area contributed by atoms with Gasteiger partial charge in [-0.05, 0) is 138 Å². The van der Waals surface area contributed by atoms with Crippen LogP contribution in [0.3, 0.4) is 0 Å². The van der Waals surface area contributed by atoms with Crippen LogP contribution >= 0.6 is 0 Å². The largest absolute Gasteiger partial charge is 0.393 e. The Morgan fingerprint density at radius 2 is 1.72 bits per heavy atom. The zero-order chi connectivity index (χ0) is 22.9. The third kappa shape index (κ3) is 4.78. The molecule has 184 valence electrons. The molecule has 4 heteroatoms. The maximum absolute atomic E-state index is 12.3. The van der Waals surface area contributed by atoms with Gasteiger partial charge in [-0.15, -0.1) is 0 Å².